The Balaban J connectivity index is 1.95. The summed E-state index contributed by atoms with van der Waals surface area (Å²) in [6.07, 6.45) is 0. The maximum Gasteiger partial charge on any atom is 0.163 e. The molecule has 0 radical (unpaired) electrons. The van der Waals surface area contributed by atoms with E-state index in [0.717, 1.165) is 30.2 Å². The summed E-state index contributed by atoms with van der Waals surface area (Å²) in [7, 11) is 1.95. The van der Waals surface area contributed by atoms with Crippen molar-refractivity contribution in [1.82, 2.24) is 9.91 Å². The Morgan fingerprint density at radius 2 is 1.64 bits per heavy atom. The fraction of sp³-hybridized carbons (Fsp3) is 0.176. The van der Waals surface area contributed by atoms with Gasteiger partial charge in [-0.15, -0.1) is 0 Å². The zero-order valence-corrected chi connectivity index (χ0v) is 12.2. The van der Waals surface area contributed by atoms with Crippen LogP contribution in [0.3, 0.4) is 0 Å². The van der Waals surface area contributed by atoms with E-state index in [1.54, 1.807) is 12.1 Å². The first kappa shape index (κ1) is 13.0. The predicted molar refractivity (Wildman–Crippen MR) is 84.9 cm³/mol. The van der Waals surface area contributed by atoms with E-state index in [1.165, 1.54) is 6.07 Å². The summed E-state index contributed by atoms with van der Waals surface area (Å²) in [6, 6.07) is 14.6. The molecule has 2 aromatic carbocycles. The first-order chi connectivity index (χ1) is 10.7. The molecule has 110 valence electrons. The number of amidine groups is 2. The van der Waals surface area contributed by atoms with Crippen LogP contribution in [-0.4, -0.2) is 41.7 Å². The highest BCUT2D eigenvalue weighted by molar-refractivity contribution is 6.20. The fourth-order valence-corrected chi connectivity index (χ4v) is 2.80. The smallest absolute Gasteiger partial charge is 0.163 e. The Hall–Kier alpha value is -2.69. The summed E-state index contributed by atoms with van der Waals surface area (Å²) < 4.78 is 14.2. The molecule has 0 aliphatic carbocycles. The third-order valence-electron chi connectivity index (χ3n) is 3.91. The molecule has 4 nitrogen and oxygen atoms in total. The quantitative estimate of drug-likeness (QED) is 0.810. The number of rotatable bonds is 1. The molecule has 0 atom stereocenters. The Morgan fingerprint density at radius 1 is 0.909 bits per heavy atom. The molecular formula is C17H15FN4. The lowest BCUT2D eigenvalue weighted by atomic mass is 10.1. The number of benzene rings is 2. The van der Waals surface area contributed by atoms with E-state index in [-0.39, 0.29) is 5.82 Å². The van der Waals surface area contributed by atoms with E-state index < -0.39 is 0 Å². The molecule has 2 aliphatic rings. The summed E-state index contributed by atoms with van der Waals surface area (Å²) in [5.74, 6) is 1.19. The first-order valence-corrected chi connectivity index (χ1v) is 7.24. The van der Waals surface area contributed by atoms with Crippen LogP contribution in [0.5, 0.6) is 0 Å². The number of aliphatic imine (C=N–C) groups is 1. The lowest BCUT2D eigenvalue weighted by Crippen LogP contribution is -2.48. The van der Waals surface area contributed by atoms with Gasteiger partial charge in [0.1, 0.15) is 11.7 Å². The van der Waals surface area contributed by atoms with Crippen LogP contribution in [0.1, 0.15) is 11.1 Å². The lowest BCUT2D eigenvalue weighted by molar-refractivity contribution is 0.303. The monoisotopic (exact) mass is 294 g/mol. The van der Waals surface area contributed by atoms with Crippen molar-refractivity contribution in [3.8, 4) is 0 Å². The highest BCUT2D eigenvalue weighted by atomic mass is 19.1. The number of fused-ring (bicyclic) bond motifs is 3. The maximum absolute atomic E-state index is 14.2. The van der Waals surface area contributed by atoms with Crippen LogP contribution >= 0.6 is 0 Å². The largest absolute Gasteiger partial charge is 0.307 e. The molecule has 0 aromatic heterocycles. The Labute approximate surface area is 128 Å². The van der Waals surface area contributed by atoms with Gasteiger partial charge < -0.3 is 4.90 Å². The SMILES string of the molecule is CN1CCN2C(c3ccccc3F)=Nc3ccccc3C2=N1. The third-order valence-corrected chi connectivity index (χ3v) is 3.91. The molecule has 4 rings (SSSR count). The van der Waals surface area contributed by atoms with Crippen molar-refractivity contribution in [1.29, 1.82) is 0 Å². The van der Waals surface area contributed by atoms with E-state index in [1.807, 2.05) is 47.3 Å². The normalized spacial score (nSPS) is 16.6. The topological polar surface area (TPSA) is 31.2 Å². The highest BCUT2D eigenvalue weighted by Gasteiger charge is 2.31. The van der Waals surface area contributed by atoms with Crippen LogP contribution in [0.4, 0.5) is 10.1 Å². The Morgan fingerprint density at radius 3 is 2.45 bits per heavy atom. The Kier molecular flexibility index (Phi) is 2.92. The van der Waals surface area contributed by atoms with Gasteiger partial charge in [-0.1, -0.05) is 24.3 Å². The predicted octanol–water partition coefficient (Wildman–Crippen LogP) is 2.83. The average Bonchev–Trinajstić information content (AvgIpc) is 2.54. The van der Waals surface area contributed by atoms with Gasteiger partial charge in [-0.05, 0) is 24.3 Å². The summed E-state index contributed by atoms with van der Waals surface area (Å²) in [5, 5.41) is 6.53. The van der Waals surface area contributed by atoms with Crippen molar-refractivity contribution in [3.63, 3.8) is 0 Å². The molecular weight excluding hydrogens is 279 g/mol. The van der Waals surface area contributed by atoms with Gasteiger partial charge in [0.05, 0.1) is 17.8 Å². The number of para-hydroxylation sites is 1. The number of hydrogen-bond donors (Lipinski definition) is 0. The first-order valence-electron chi connectivity index (χ1n) is 7.24. The molecule has 2 aromatic rings. The minimum absolute atomic E-state index is 0.265. The summed E-state index contributed by atoms with van der Waals surface area (Å²) in [5.41, 5.74) is 2.31. The molecule has 2 heterocycles. The molecule has 0 spiro atoms. The van der Waals surface area contributed by atoms with E-state index >= 15 is 0 Å². The van der Waals surface area contributed by atoms with Crippen molar-refractivity contribution in [2.24, 2.45) is 10.1 Å². The van der Waals surface area contributed by atoms with Crippen LogP contribution in [-0.2, 0) is 0 Å². The van der Waals surface area contributed by atoms with Crippen molar-refractivity contribution in [2.75, 3.05) is 20.1 Å². The minimum atomic E-state index is -0.265. The molecule has 22 heavy (non-hydrogen) atoms. The van der Waals surface area contributed by atoms with Gasteiger partial charge in [-0.3, -0.25) is 5.01 Å². The standard InChI is InChI=1S/C17H15FN4/c1-21-10-11-22-16(12-6-2-4-8-14(12)18)19-15-9-5-3-7-13(15)17(22)20-21/h2-9H,10-11H2,1H3. The van der Waals surface area contributed by atoms with Crippen LogP contribution < -0.4 is 0 Å². The van der Waals surface area contributed by atoms with Gasteiger partial charge in [0.2, 0.25) is 0 Å². The molecule has 2 aliphatic heterocycles. The van der Waals surface area contributed by atoms with E-state index in [9.17, 15) is 4.39 Å². The third kappa shape index (κ3) is 1.97. The van der Waals surface area contributed by atoms with Gasteiger partial charge >= 0.3 is 0 Å². The molecule has 0 N–H and O–H groups in total. The number of hydrogen-bond acceptors (Lipinski definition) is 4. The van der Waals surface area contributed by atoms with Crippen LogP contribution in [0.15, 0.2) is 58.6 Å². The fourth-order valence-electron chi connectivity index (χ4n) is 2.80. The molecule has 0 unspecified atom stereocenters. The van der Waals surface area contributed by atoms with Crippen molar-refractivity contribution < 1.29 is 4.39 Å². The number of nitrogens with zero attached hydrogens (tertiary/aromatic N) is 4. The molecule has 0 saturated heterocycles. The van der Waals surface area contributed by atoms with E-state index in [2.05, 4.69) is 10.1 Å². The summed E-state index contributed by atoms with van der Waals surface area (Å²) in [4.78, 5) is 6.69. The summed E-state index contributed by atoms with van der Waals surface area (Å²) >= 11 is 0. The second-order valence-corrected chi connectivity index (χ2v) is 5.39. The summed E-state index contributed by atoms with van der Waals surface area (Å²) in [6.45, 7) is 1.51. The van der Waals surface area contributed by atoms with Crippen molar-refractivity contribution in [2.45, 2.75) is 0 Å². The van der Waals surface area contributed by atoms with Gasteiger partial charge in [0, 0.05) is 19.2 Å². The highest BCUT2D eigenvalue weighted by Crippen LogP contribution is 2.30. The van der Waals surface area contributed by atoms with Gasteiger partial charge in [-0.25, -0.2) is 9.38 Å². The number of hydrazone groups is 1. The number of likely N-dealkylation sites (N-methyl/N-ethyl adjacent to an activating group) is 1. The molecule has 0 saturated carbocycles. The van der Waals surface area contributed by atoms with Gasteiger partial charge in [-0.2, -0.15) is 5.10 Å². The minimum Gasteiger partial charge on any atom is -0.307 e. The lowest BCUT2D eigenvalue weighted by Gasteiger charge is -2.36. The van der Waals surface area contributed by atoms with E-state index in [4.69, 9.17) is 0 Å². The Bertz CT molecular complexity index is 797. The second kappa shape index (κ2) is 4.94. The van der Waals surface area contributed by atoms with Crippen LogP contribution in [0.2, 0.25) is 0 Å². The van der Waals surface area contributed by atoms with Gasteiger partial charge in [0.25, 0.3) is 0 Å². The zero-order chi connectivity index (χ0) is 15.1. The molecule has 0 amide bonds. The zero-order valence-electron chi connectivity index (χ0n) is 12.2. The number of halogens is 1. The second-order valence-electron chi connectivity index (χ2n) is 5.39. The molecule has 5 heteroatoms. The van der Waals surface area contributed by atoms with E-state index in [0.29, 0.717) is 11.4 Å². The maximum atomic E-state index is 14.2. The average molecular weight is 294 g/mol. The molecule has 0 bridgehead atoms. The molecule has 0 fully saturated rings. The van der Waals surface area contributed by atoms with Gasteiger partial charge in [0.15, 0.2) is 5.84 Å². The van der Waals surface area contributed by atoms with Crippen LogP contribution in [0, 0.1) is 5.82 Å². The van der Waals surface area contributed by atoms with Crippen LogP contribution in [0.25, 0.3) is 0 Å². The van der Waals surface area contributed by atoms with Crippen molar-refractivity contribution in [3.05, 3.63) is 65.5 Å². The van der Waals surface area contributed by atoms with Crippen molar-refractivity contribution >= 4 is 17.4 Å².